The number of morpholine rings is 1. The van der Waals surface area contributed by atoms with Crippen LogP contribution in [0, 0.1) is 6.92 Å². The van der Waals surface area contributed by atoms with Gasteiger partial charge in [-0.05, 0) is 56.7 Å². The second kappa shape index (κ2) is 13.8. The summed E-state index contributed by atoms with van der Waals surface area (Å²) in [6.07, 6.45) is 4.92. The molecule has 2 aliphatic rings. The van der Waals surface area contributed by atoms with E-state index in [0.29, 0.717) is 6.04 Å². The number of benzene rings is 2. The average Bonchev–Trinajstić information content (AvgIpc) is 3.38. The third-order valence-electron chi connectivity index (χ3n) is 9.23. The summed E-state index contributed by atoms with van der Waals surface area (Å²) in [6, 6.07) is 23.5. The Morgan fingerprint density at radius 2 is 1.64 bits per heavy atom. The summed E-state index contributed by atoms with van der Waals surface area (Å²) in [5.41, 5.74) is 6.25. The van der Waals surface area contributed by atoms with Crippen LogP contribution in [0.4, 0.5) is 11.5 Å². The molecule has 44 heavy (non-hydrogen) atoms. The van der Waals surface area contributed by atoms with E-state index in [-0.39, 0.29) is 11.9 Å². The SMILES string of the molecule is Cc1c(C(=O)N[C@H]2CC[C@@H](Nc3cc(N(C)C)c4ccccc4n3)CC2)cc(-c2ccccc2)n1CCCN1CCOCC1. The number of nitrogens with one attached hydrogen (secondary N) is 2. The highest BCUT2D eigenvalue weighted by atomic mass is 16.5. The minimum Gasteiger partial charge on any atom is -0.379 e. The maximum Gasteiger partial charge on any atom is 0.253 e. The van der Waals surface area contributed by atoms with Crippen LogP contribution in [0.25, 0.3) is 22.2 Å². The van der Waals surface area contributed by atoms with E-state index in [9.17, 15) is 4.79 Å². The van der Waals surface area contributed by atoms with Crippen LogP contribution in [-0.2, 0) is 11.3 Å². The third kappa shape index (κ3) is 6.92. The third-order valence-corrected chi connectivity index (χ3v) is 9.23. The van der Waals surface area contributed by atoms with Crippen LogP contribution in [0.3, 0.4) is 0 Å². The maximum atomic E-state index is 13.7. The van der Waals surface area contributed by atoms with Gasteiger partial charge in [-0.1, -0.05) is 48.5 Å². The summed E-state index contributed by atoms with van der Waals surface area (Å²) >= 11 is 0. The van der Waals surface area contributed by atoms with Crippen LogP contribution in [0.5, 0.6) is 0 Å². The summed E-state index contributed by atoms with van der Waals surface area (Å²) in [7, 11) is 4.15. The number of carbonyl (C=O) groups excluding carboxylic acids is 1. The van der Waals surface area contributed by atoms with Crippen LogP contribution >= 0.6 is 0 Å². The fraction of sp³-hybridized carbons (Fsp3) is 0.444. The van der Waals surface area contributed by atoms with Crippen molar-refractivity contribution in [2.45, 2.75) is 57.7 Å². The second-order valence-electron chi connectivity index (χ2n) is 12.5. The molecule has 0 bridgehead atoms. The monoisotopic (exact) mass is 594 g/mol. The lowest BCUT2D eigenvalue weighted by molar-refractivity contribution is 0.0369. The molecular formula is C36H46N6O2. The molecule has 2 N–H and O–H groups in total. The molecule has 0 radical (unpaired) electrons. The fourth-order valence-electron chi connectivity index (χ4n) is 6.74. The van der Waals surface area contributed by atoms with E-state index in [1.165, 1.54) is 0 Å². The molecule has 0 atom stereocenters. The largest absolute Gasteiger partial charge is 0.379 e. The first kappa shape index (κ1) is 30.2. The van der Waals surface area contributed by atoms with Gasteiger partial charge in [0.1, 0.15) is 5.82 Å². The standard InChI is InChI=1S/C36H46N6O2/c1-26-31(24-33(27-10-5-4-6-11-27)42(26)19-9-18-41-20-22-44-23-21-41)36(43)38-29-16-14-28(15-17-29)37-35-25-34(40(2)3)30-12-7-8-13-32(30)39-35/h4-8,10-13,24-25,28-29H,9,14-23H2,1-3H3,(H,37,39)(H,38,43)/t28-,29+. The summed E-state index contributed by atoms with van der Waals surface area (Å²) in [4.78, 5) is 23.2. The quantitative estimate of drug-likeness (QED) is 0.236. The second-order valence-corrected chi connectivity index (χ2v) is 12.5. The van der Waals surface area contributed by atoms with Gasteiger partial charge < -0.3 is 24.8 Å². The molecule has 3 heterocycles. The summed E-state index contributed by atoms with van der Waals surface area (Å²) in [6.45, 7) is 7.65. The summed E-state index contributed by atoms with van der Waals surface area (Å²) in [5, 5.41) is 8.23. The normalized spacial score (nSPS) is 19.2. The zero-order chi connectivity index (χ0) is 30.5. The van der Waals surface area contributed by atoms with Crippen LogP contribution in [0.1, 0.15) is 48.2 Å². The van der Waals surface area contributed by atoms with Crippen molar-refractivity contribution in [3.05, 3.63) is 78.0 Å². The van der Waals surface area contributed by atoms with Crippen molar-refractivity contribution in [1.29, 1.82) is 0 Å². The number of pyridine rings is 1. The Labute approximate surface area is 261 Å². The lowest BCUT2D eigenvalue weighted by atomic mass is 9.91. The zero-order valence-corrected chi connectivity index (χ0v) is 26.4. The smallest absolute Gasteiger partial charge is 0.253 e. The first-order chi connectivity index (χ1) is 21.5. The first-order valence-electron chi connectivity index (χ1n) is 16.2. The molecule has 1 aliphatic heterocycles. The fourth-order valence-corrected chi connectivity index (χ4v) is 6.74. The summed E-state index contributed by atoms with van der Waals surface area (Å²) in [5.74, 6) is 0.953. The molecule has 0 unspecified atom stereocenters. The Balaban J connectivity index is 1.09. The molecule has 8 heteroatoms. The van der Waals surface area contributed by atoms with Crippen LogP contribution in [0.15, 0.2) is 66.7 Å². The van der Waals surface area contributed by atoms with Gasteiger partial charge in [-0.2, -0.15) is 0 Å². The van der Waals surface area contributed by atoms with E-state index in [4.69, 9.17) is 9.72 Å². The van der Waals surface area contributed by atoms with E-state index in [0.717, 1.165) is 116 Å². The lowest BCUT2D eigenvalue weighted by Crippen LogP contribution is -2.40. The average molecular weight is 595 g/mol. The highest BCUT2D eigenvalue weighted by molar-refractivity contribution is 5.97. The molecule has 2 fully saturated rings. The Kier molecular flexibility index (Phi) is 9.48. The van der Waals surface area contributed by atoms with Gasteiger partial charge in [0.2, 0.25) is 0 Å². The molecule has 6 rings (SSSR count). The molecule has 1 saturated heterocycles. The van der Waals surface area contributed by atoms with Crippen molar-refractivity contribution in [3.63, 3.8) is 0 Å². The Morgan fingerprint density at radius 1 is 0.932 bits per heavy atom. The predicted octanol–water partition coefficient (Wildman–Crippen LogP) is 5.95. The predicted molar refractivity (Wildman–Crippen MR) is 180 cm³/mol. The highest BCUT2D eigenvalue weighted by Crippen LogP contribution is 2.30. The summed E-state index contributed by atoms with van der Waals surface area (Å²) < 4.78 is 7.85. The topological polar surface area (TPSA) is 74.7 Å². The van der Waals surface area contributed by atoms with Crippen LogP contribution < -0.4 is 15.5 Å². The number of hydrogen-bond acceptors (Lipinski definition) is 6. The number of amides is 1. The van der Waals surface area contributed by atoms with Gasteiger partial charge in [0, 0.05) is 80.9 Å². The molecule has 1 amide bonds. The highest BCUT2D eigenvalue weighted by Gasteiger charge is 2.26. The first-order valence-corrected chi connectivity index (χ1v) is 16.2. The Hall–Kier alpha value is -3.88. The molecule has 8 nitrogen and oxygen atoms in total. The van der Waals surface area contributed by atoms with Gasteiger partial charge in [0.05, 0.1) is 24.3 Å². The molecular weight excluding hydrogens is 548 g/mol. The van der Waals surface area contributed by atoms with E-state index in [1.54, 1.807) is 0 Å². The van der Waals surface area contributed by atoms with E-state index in [2.05, 4.69) is 101 Å². The van der Waals surface area contributed by atoms with E-state index < -0.39 is 0 Å². The molecule has 1 aliphatic carbocycles. The molecule has 4 aromatic rings. The van der Waals surface area contributed by atoms with Crippen molar-refractivity contribution >= 4 is 28.3 Å². The minimum atomic E-state index is 0.0369. The van der Waals surface area contributed by atoms with E-state index in [1.807, 2.05) is 12.1 Å². The molecule has 2 aromatic carbocycles. The van der Waals surface area contributed by atoms with Crippen LogP contribution in [-0.4, -0.2) is 79.4 Å². The van der Waals surface area contributed by atoms with Crippen molar-refractivity contribution in [1.82, 2.24) is 19.8 Å². The number of nitrogens with zero attached hydrogens (tertiary/aromatic N) is 4. The number of carbonyl (C=O) groups is 1. The van der Waals surface area contributed by atoms with Gasteiger partial charge in [0.15, 0.2) is 0 Å². The number of hydrogen-bond donors (Lipinski definition) is 2. The number of para-hydroxylation sites is 1. The van der Waals surface area contributed by atoms with Crippen LogP contribution in [0.2, 0.25) is 0 Å². The van der Waals surface area contributed by atoms with Crippen molar-refractivity contribution in [2.24, 2.45) is 0 Å². The molecule has 2 aromatic heterocycles. The molecule has 1 saturated carbocycles. The molecule has 232 valence electrons. The van der Waals surface area contributed by atoms with E-state index >= 15 is 0 Å². The number of ether oxygens (including phenoxy) is 1. The van der Waals surface area contributed by atoms with Gasteiger partial charge in [-0.15, -0.1) is 0 Å². The number of aromatic nitrogens is 2. The number of rotatable bonds is 10. The van der Waals surface area contributed by atoms with Gasteiger partial charge in [-0.25, -0.2) is 4.98 Å². The van der Waals surface area contributed by atoms with Crippen molar-refractivity contribution < 1.29 is 9.53 Å². The van der Waals surface area contributed by atoms with Crippen molar-refractivity contribution in [2.75, 3.05) is 57.2 Å². The molecule has 0 spiro atoms. The number of anilines is 2. The Bertz CT molecular complexity index is 1550. The Morgan fingerprint density at radius 3 is 2.39 bits per heavy atom. The van der Waals surface area contributed by atoms with Gasteiger partial charge in [0.25, 0.3) is 5.91 Å². The lowest BCUT2D eigenvalue weighted by Gasteiger charge is -2.30. The van der Waals surface area contributed by atoms with Gasteiger partial charge in [-0.3, -0.25) is 9.69 Å². The maximum absolute atomic E-state index is 13.7. The minimum absolute atomic E-state index is 0.0369. The van der Waals surface area contributed by atoms with Gasteiger partial charge >= 0.3 is 0 Å². The zero-order valence-electron chi connectivity index (χ0n) is 26.4. The van der Waals surface area contributed by atoms with Crippen molar-refractivity contribution in [3.8, 4) is 11.3 Å². The number of fused-ring (bicyclic) bond motifs is 1.